The smallest absolute Gasteiger partial charge is 0.407 e. The van der Waals surface area contributed by atoms with Crippen molar-refractivity contribution in [2.75, 3.05) is 52.7 Å². The quantitative estimate of drug-likeness (QED) is 0.282. The number of benzene rings is 2. The van der Waals surface area contributed by atoms with E-state index in [2.05, 4.69) is 15.3 Å². The third kappa shape index (κ3) is 8.19. The fourth-order valence-electron chi connectivity index (χ4n) is 4.71. The number of ether oxygens (including phenoxy) is 1. The van der Waals surface area contributed by atoms with Gasteiger partial charge in [-0.05, 0) is 44.2 Å². The van der Waals surface area contributed by atoms with Gasteiger partial charge in [0.15, 0.2) is 5.82 Å². The van der Waals surface area contributed by atoms with E-state index in [1.807, 2.05) is 30.3 Å². The van der Waals surface area contributed by atoms with Gasteiger partial charge in [-0.1, -0.05) is 30.3 Å². The van der Waals surface area contributed by atoms with Gasteiger partial charge in [0.2, 0.25) is 5.91 Å². The number of carbonyl (C=O) groups excluding carboxylic acids is 2. The van der Waals surface area contributed by atoms with Crippen LogP contribution in [0.25, 0.3) is 22.6 Å². The monoisotopic (exact) mass is 625 g/mol. The number of hydrogen-bond acceptors (Lipinski definition) is 9. The summed E-state index contributed by atoms with van der Waals surface area (Å²) in [6, 6.07) is 16.5. The normalized spacial score (nSPS) is 14.2. The fourth-order valence-corrected chi connectivity index (χ4v) is 6.47. The minimum absolute atomic E-state index is 0.0131. The number of nitrogens with one attached hydrogen (secondary N) is 1. The predicted octanol–water partition coefficient (Wildman–Crippen LogP) is 4.01. The van der Waals surface area contributed by atoms with Gasteiger partial charge in [0.25, 0.3) is 5.91 Å². The first kappa shape index (κ1) is 32.6. The van der Waals surface area contributed by atoms with Gasteiger partial charge in [-0.2, -0.15) is 0 Å². The van der Waals surface area contributed by atoms with Crippen LogP contribution in [0.15, 0.2) is 60.7 Å². The average molecular weight is 626 g/mol. The molecule has 0 bridgehead atoms. The molecule has 0 saturated carbocycles. The first-order chi connectivity index (χ1) is 21.2. The Labute approximate surface area is 255 Å². The third-order valence-corrected chi connectivity index (χ3v) is 9.02. The van der Waals surface area contributed by atoms with E-state index in [4.69, 9.17) is 13.8 Å². The SMILES string of the molecule is CCOP(=O)(C[C@H](NC(=O)c1cc(-c2ccc(OC)cc2)nc(-c2ccccc2)n1)C(=O)N1CCN(C(=O)O)CC1)OCC. The maximum atomic E-state index is 13.8. The summed E-state index contributed by atoms with van der Waals surface area (Å²) in [4.78, 5) is 50.7. The highest BCUT2D eigenvalue weighted by molar-refractivity contribution is 7.54. The Balaban J connectivity index is 1.68. The first-order valence-corrected chi connectivity index (χ1v) is 15.9. The van der Waals surface area contributed by atoms with Crippen molar-refractivity contribution in [3.8, 4) is 28.4 Å². The Morgan fingerprint density at radius 1 is 0.909 bits per heavy atom. The molecule has 234 valence electrons. The second-order valence-corrected chi connectivity index (χ2v) is 11.9. The van der Waals surface area contributed by atoms with Crippen molar-refractivity contribution in [3.05, 3.63) is 66.4 Å². The number of piperazine rings is 1. The average Bonchev–Trinajstić information content (AvgIpc) is 3.04. The summed E-state index contributed by atoms with van der Waals surface area (Å²) in [5, 5.41) is 12.0. The van der Waals surface area contributed by atoms with Crippen molar-refractivity contribution in [2.24, 2.45) is 0 Å². The van der Waals surface area contributed by atoms with Crippen molar-refractivity contribution in [1.29, 1.82) is 0 Å². The molecule has 1 atom stereocenters. The maximum Gasteiger partial charge on any atom is 0.407 e. The largest absolute Gasteiger partial charge is 0.497 e. The minimum Gasteiger partial charge on any atom is -0.497 e. The van der Waals surface area contributed by atoms with Crippen molar-refractivity contribution in [2.45, 2.75) is 19.9 Å². The number of aromatic nitrogens is 2. The molecule has 3 amide bonds. The van der Waals surface area contributed by atoms with Gasteiger partial charge >= 0.3 is 13.7 Å². The number of hydrogen-bond donors (Lipinski definition) is 2. The Morgan fingerprint density at radius 3 is 2.09 bits per heavy atom. The van der Waals surface area contributed by atoms with Crippen LogP contribution in [0.2, 0.25) is 0 Å². The second-order valence-electron chi connectivity index (χ2n) is 9.81. The molecule has 1 saturated heterocycles. The van der Waals surface area contributed by atoms with Gasteiger partial charge in [0.05, 0.1) is 32.2 Å². The van der Waals surface area contributed by atoms with Crippen LogP contribution in [0.1, 0.15) is 24.3 Å². The number of methoxy groups -OCH3 is 1. The van der Waals surface area contributed by atoms with Gasteiger partial charge in [-0.15, -0.1) is 0 Å². The van der Waals surface area contributed by atoms with Crippen LogP contribution in [-0.4, -0.2) is 101 Å². The summed E-state index contributed by atoms with van der Waals surface area (Å²) in [5.41, 5.74) is 1.84. The van der Waals surface area contributed by atoms with Gasteiger partial charge in [-0.25, -0.2) is 14.8 Å². The highest BCUT2D eigenvalue weighted by Gasteiger charge is 2.37. The third-order valence-electron chi connectivity index (χ3n) is 6.90. The van der Waals surface area contributed by atoms with E-state index in [9.17, 15) is 24.1 Å². The Hall–Kier alpha value is -4.32. The molecule has 0 spiro atoms. The minimum atomic E-state index is -3.79. The van der Waals surface area contributed by atoms with E-state index in [0.717, 1.165) is 0 Å². The van der Waals surface area contributed by atoms with Gasteiger partial charge in [-0.3, -0.25) is 14.2 Å². The molecule has 44 heavy (non-hydrogen) atoms. The molecule has 2 heterocycles. The lowest BCUT2D eigenvalue weighted by molar-refractivity contribution is -0.134. The van der Waals surface area contributed by atoms with Crippen molar-refractivity contribution < 1.29 is 37.8 Å². The highest BCUT2D eigenvalue weighted by Crippen LogP contribution is 2.48. The topological polar surface area (TPSA) is 160 Å². The molecule has 3 aromatic rings. The molecule has 1 aromatic heterocycles. The highest BCUT2D eigenvalue weighted by atomic mass is 31.2. The molecular formula is C30H36N5O8P. The predicted molar refractivity (Wildman–Crippen MR) is 163 cm³/mol. The first-order valence-electron chi connectivity index (χ1n) is 14.2. The molecule has 14 heteroatoms. The van der Waals surface area contributed by atoms with Crippen LogP contribution in [0.5, 0.6) is 5.75 Å². The summed E-state index contributed by atoms with van der Waals surface area (Å²) in [6.07, 6.45) is -1.50. The molecule has 1 aliphatic rings. The molecule has 2 aromatic carbocycles. The lowest BCUT2D eigenvalue weighted by Crippen LogP contribution is -2.56. The van der Waals surface area contributed by atoms with Crippen molar-refractivity contribution in [3.63, 3.8) is 0 Å². The van der Waals surface area contributed by atoms with Crippen LogP contribution in [0.3, 0.4) is 0 Å². The standard InChI is InChI=1S/C30H36N5O8P/c1-4-42-44(40,43-5-2)20-26(29(37)34-15-17-35(18-16-34)30(38)39)33-28(36)25-19-24(21-11-13-23(41-3)14-12-21)31-27(32-25)22-9-7-6-8-10-22/h6-14,19,26H,4-5,15-18,20H2,1-3H3,(H,33,36)(H,38,39)/t26-/m0/s1. The zero-order valence-corrected chi connectivity index (χ0v) is 25.7. The van der Waals surface area contributed by atoms with E-state index in [1.165, 1.54) is 15.9 Å². The van der Waals surface area contributed by atoms with Crippen molar-refractivity contribution in [1.82, 2.24) is 25.1 Å². The lowest BCUT2D eigenvalue weighted by atomic mass is 10.1. The molecule has 0 unspecified atom stereocenters. The zero-order valence-electron chi connectivity index (χ0n) is 24.8. The molecular weight excluding hydrogens is 589 g/mol. The summed E-state index contributed by atoms with van der Waals surface area (Å²) < 4.78 is 29.6. The van der Waals surface area contributed by atoms with E-state index in [0.29, 0.717) is 28.4 Å². The summed E-state index contributed by atoms with van der Waals surface area (Å²) >= 11 is 0. The Morgan fingerprint density at radius 2 is 1.52 bits per heavy atom. The number of carboxylic acid groups (broad SMARTS) is 1. The zero-order chi connectivity index (χ0) is 31.7. The fraction of sp³-hybridized carbons (Fsp3) is 0.367. The van der Waals surface area contributed by atoms with Crippen LogP contribution in [0, 0.1) is 0 Å². The van der Waals surface area contributed by atoms with Gasteiger partial charge in [0.1, 0.15) is 17.5 Å². The molecule has 0 radical (unpaired) electrons. The van der Waals surface area contributed by atoms with E-state index >= 15 is 0 Å². The molecule has 13 nitrogen and oxygen atoms in total. The summed E-state index contributed by atoms with van der Waals surface area (Å²) in [6.45, 7) is 3.87. The number of amides is 3. The summed E-state index contributed by atoms with van der Waals surface area (Å²) in [5.74, 6) is -0.272. The number of carbonyl (C=O) groups is 3. The van der Waals surface area contributed by atoms with Crippen LogP contribution < -0.4 is 10.1 Å². The molecule has 1 fully saturated rings. The van der Waals surface area contributed by atoms with E-state index in [1.54, 1.807) is 45.2 Å². The van der Waals surface area contributed by atoms with E-state index in [-0.39, 0.29) is 45.1 Å². The summed E-state index contributed by atoms with van der Waals surface area (Å²) in [7, 11) is -2.23. The molecule has 2 N–H and O–H groups in total. The Bertz CT molecular complexity index is 1490. The van der Waals surface area contributed by atoms with Crippen molar-refractivity contribution >= 4 is 25.5 Å². The maximum absolute atomic E-state index is 13.8. The molecule has 4 rings (SSSR count). The van der Waals surface area contributed by atoms with Crippen LogP contribution in [0.4, 0.5) is 4.79 Å². The second kappa shape index (κ2) is 14.9. The lowest BCUT2D eigenvalue weighted by Gasteiger charge is -2.35. The van der Waals surface area contributed by atoms with Gasteiger partial charge in [0, 0.05) is 37.3 Å². The van der Waals surface area contributed by atoms with Crippen LogP contribution in [-0.2, 0) is 18.4 Å². The molecule has 1 aliphatic heterocycles. The Kier molecular flexibility index (Phi) is 11.0. The molecule has 0 aliphatic carbocycles. The number of nitrogens with zero attached hydrogens (tertiary/aromatic N) is 4. The van der Waals surface area contributed by atoms with Gasteiger partial charge < -0.3 is 34.0 Å². The van der Waals surface area contributed by atoms with Crippen LogP contribution >= 0.6 is 7.60 Å². The number of rotatable bonds is 12. The van der Waals surface area contributed by atoms with E-state index < -0.39 is 37.7 Å².